The fourth-order valence-corrected chi connectivity index (χ4v) is 2.97. The van der Waals surface area contributed by atoms with E-state index in [2.05, 4.69) is 29.0 Å². The summed E-state index contributed by atoms with van der Waals surface area (Å²) < 4.78 is 14.3. The van der Waals surface area contributed by atoms with Crippen LogP contribution in [0.15, 0.2) is 18.2 Å². The lowest BCUT2D eigenvalue weighted by molar-refractivity contribution is 0.257. The van der Waals surface area contributed by atoms with Crippen molar-refractivity contribution in [1.82, 2.24) is 10.2 Å². The summed E-state index contributed by atoms with van der Waals surface area (Å²) in [5.74, 6) is -0.0882. The van der Waals surface area contributed by atoms with E-state index >= 15 is 0 Å². The molecular weight excluding hydrogens is 265 g/mol. The van der Waals surface area contributed by atoms with Gasteiger partial charge >= 0.3 is 0 Å². The summed E-state index contributed by atoms with van der Waals surface area (Å²) in [6.07, 6.45) is 2.28. The molecule has 0 spiro atoms. The van der Waals surface area contributed by atoms with E-state index < -0.39 is 0 Å². The number of hydrogen-bond acceptors (Lipinski definition) is 3. The summed E-state index contributed by atoms with van der Waals surface area (Å²) >= 11 is 0. The first-order valence-electron chi connectivity index (χ1n) is 8.21. The molecule has 1 heterocycles. The fraction of sp³-hybridized carbons (Fsp3) is 0.647. The maximum absolute atomic E-state index is 14.3. The summed E-state index contributed by atoms with van der Waals surface area (Å²) in [6.45, 7) is 11.1. The Morgan fingerprint density at radius 1 is 1.10 bits per heavy atom. The third kappa shape index (κ3) is 4.42. The molecule has 0 bridgehead atoms. The Labute approximate surface area is 128 Å². The monoisotopic (exact) mass is 293 g/mol. The summed E-state index contributed by atoms with van der Waals surface area (Å²) in [5, 5.41) is 3.38. The summed E-state index contributed by atoms with van der Waals surface area (Å²) in [5.41, 5.74) is 1.88. The number of piperazine rings is 1. The molecule has 3 nitrogen and oxygen atoms in total. The molecule has 0 amide bonds. The first-order valence-corrected chi connectivity index (χ1v) is 8.21. The highest BCUT2D eigenvalue weighted by atomic mass is 19.1. The Balaban J connectivity index is 2.04. The third-order valence-corrected chi connectivity index (χ3v) is 4.04. The molecule has 1 aromatic rings. The molecule has 0 aromatic heterocycles. The van der Waals surface area contributed by atoms with Gasteiger partial charge in [0, 0.05) is 32.7 Å². The van der Waals surface area contributed by atoms with E-state index in [0.29, 0.717) is 0 Å². The van der Waals surface area contributed by atoms with Gasteiger partial charge in [-0.1, -0.05) is 26.0 Å². The normalized spacial score (nSPS) is 16.4. The van der Waals surface area contributed by atoms with Crippen LogP contribution in [-0.2, 0) is 6.54 Å². The van der Waals surface area contributed by atoms with Crippen LogP contribution in [-0.4, -0.2) is 44.2 Å². The van der Waals surface area contributed by atoms with Crippen molar-refractivity contribution in [1.29, 1.82) is 0 Å². The molecule has 0 unspecified atom stereocenters. The van der Waals surface area contributed by atoms with Crippen molar-refractivity contribution in [2.75, 3.05) is 44.2 Å². The van der Waals surface area contributed by atoms with Gasteiger partial charge in [-0.25, -0.2) is 4.39 Å². The van der Waals surface area contributed by atoms with E-state index in [1.54, 1.807) is 6.07 Å². The van der Waals surface area contributed by atoms with Gasteiger partial charge in [-0.15, -0.1) is 0 Å². The van der Waals surface area contributed by atoms with E-state index in [1.165, 1.54) is 6.42 Å². The lowest BCUT2D eigenvalue weighted by atomic mass is 10.1. The Morgan fingerprint density at radius 3 is 2.52 bits per heavy atom. The maximum Gasteiger partial charge on any atom is 0.146 e. The zero-order valence-corrected chi connectivity index (χ0v) is 13.4. The van der Waals surface area contributed by atoms with Crippen molar-refractivity contribution in [2.45, 2.75) is 33.2 Å². The number of nitrogens with one attached hydrogen (secondary N) is 1. The summed E-state index contributed by atoms with van der Waals surface area (Å²) in [4.78, 5) is 4.68. The maximum atomic E-state index is 14.3. The minimum atomic E-state index is -0.0882. The molecule has 1 N–H and O–H groups in total. The van der Waals surface area contributed by atoms with E-state index in [4.69, 9.17) is 0 Å². The number of anilines is 1. The predicted molar refractivity (Wildman–Crippen MR) is 87.3 cm³/mol. The Hall–Kier alpha value is -1.13. The number of nitrogens with zero attached hydrogens (tertiary/aromatic N) is 2. The predicted octanol–water partition coefficient (Wildman–Crippen LogP) is 2.86. The second-order valence-corrected chi connectivity index (χ2v) is 5.75. The Bertz CT molecular complexity index is 428. The quantitative estimate of drug-likeness (QED) is 0.780. The van der Waals surface area contributed by atoms with Gasteiger partial charge in [0.05, 0.1) is 5.69 Å². The standard InChI is InChI=1S/C17H28FN3/c1-3-8-19-14-15-6-5-7-16(18)17(15)21-12-10-20(9-4-2)11-13-21/h5-7,19H,3-4,8-14H2,1-2H3. The molecular formula is C17H28FN3. The first-order chi connectivity index (χ1) is 10.3. The van der Waals surface area contributed by atoms with Crippen LogP contribution < -0.4 is 10.2 Å². The lowest BCUT2D eigenvalue weighted by Gasteiger charge is -2.37. The second-order valence-electron chi connectivity index (χ2n) is 5.75. The van der Waals surface area contributed by atoms with Gasteiger partial charge in [0.1, 0.15) is 5.82 Å². The van der Waals surface area contributed by atoms with Crippen LogP contribution in [0.2, 0.25) is 0 Å². The average molecular weight is 293 g/mol. The molecule has 0 atom stereocenters. The van der Waals surface area contributed by atoms with Crippen molar-refractivity contribution in [3.05, 3.63) is 29.6 Å². The molecule has 1 aromatic carbocycles. The topological polar surface area (TPSA) is 18.5 Å². The van der Waals surface area contributed by atoms with Gasteiger partial charge in [-0.2, -0.15) is 0 Å². The molecule has 0 radical (unpaired) electrons. The van der Waals surface area contributed by atoms with E-state index in [-0.39, 0.29) is 5.82 Å². The zero-order chi connectivity index (χ0) is 15.1. The molecule has 4 heteroatoms. The SMILES string of the molecule is CCCNCc1cccc(F)c1N1CCN(CCC)CC1. The molecule has 1 aliphatic rings. The van der Waals surface area contributed by atoms with Crippen LogP contribution in [0.1, 0.15) is 32.3 Å². The third-order valence-electron chi connectivity index (χ3n) is 4.04. The van der Waals surface area contributed by atoms with Crippen molar-refractivity contribution in [3.8, 4) is 0 Å². The number of hydrogen-bond donors (Lipinski definition) is 1. The van der Waals surface area contributed by atoms with Crippen LogP contribution in [0.25, 0.3) is 0 Å². The van der Waals surface area contributed by atoms with Gasteiger partial charge in [-0.05, 0) is 37.6 Å². The molecule has 0 saturated carbocycles. The number of benzene rings is 1. The van der Waals surface area contributed by atoms with Crippen molar-refractivity contribution in [3.63, 3.8) is 0 Å². The molecule has 1 saturated heterocycles. The lowest BCUT2D eigenvalue weighted by Crippen LogP contribution is -2.47. The molecule has 0 aliphatic carbocycles. The van der Waals surface area contributed by atoms with Crippen molar-refractivity contribution >= 4 is 5.69 Å². The Morgan fingerprint density at radius 2 is 1.86 bits per heavy atom. The largest absolute Gasteiger partial charge is 0.366 e. The highest BCUT2D eigenvalue weighted by Crippen LogP contribution is 2.25. The molecule has 1 fully saturated rings. The molecule has 21 heavy (non-hydrogen) atoms. The average Bonchev–Trinajstić information content (AvgIpc) is 2.49. The van der Waals surface area contributed by atoms with Crippen LogP contribution in [0.4, 0.5) is 10.1 Å². The minimum Gasteiger partial charge on any atom is -0.366 e. The van der Waals surface area contributed by atoms with Crippen LogP contribution in [0, 0.1) is 5.82 Å². The zero-order valence-electron chi connectivity index (χ0n) is 13.4. The second kappa shape index (κ2) is 8.35. The smallest absolute Gasteiger partial charge is 0.146 e. The first kappa shape index (κ1) is 16.2. The Kier molecular flexibility index (Phi) is 6.46. The summed E-state index contributed by atoms with van der Waals surface area (Å²) in [7, 11) is 0. The van der Waals surface area contributed by atoms with Crippen molar-refractivity contribution < 1.29 is 4.39 Å². The number of para-hydroxylation sites is 1. The van der Waals surface area contributed by atoms with E-state index in [0.717, 1.165) is 63.5 Å². The van der Waals surface area contributed by atoms with Crippen LogP contribution in [0.5, 0.6) is 0 Å². The van der Waals surface area contributed by atoms with Crippen LogP contribution >= 0.6 is 0 Å². The summed E-state index contributed by atoms with van der Waals surface area (Å²) in [6, 6.07) is 5.44. The molecule has 118 valence electrons. The van der Waals surface area contributed by atoms with Gasteiger partial charge < -0.3 is 10.2 Å². The van der Waals surface area contributed by atoms with Gasteiger partial charge in [0.25, 0.3) is 0 Å². The fourth-order valence-electron chi connectivity index (χ4n) is 2.97. The van der Waals surface area contributed by atoms with Gasteiger partial charge in [0.15, 0.2) is 0 Å². The van der Waals surface area contributed by atoms with Crippen molar-refractivity contribution in [2.24, 2.45) is 0 Å². The van der Waals surface area contributed by atoms with Gasteiger partial charge in [0.2, 0.25) is 0 Å². The number of halogens is 1. The minimum absolute atomic E-state index is 0.0882. The number of rotatable bonds is 7. The van der Waals surface area contributed by atoms with Gasteiger partial charge in [-0.3, -0.25) is 4.90 Å². The highest BCUT2D eigenvalue weighted by Gasteiger charge is 2.21. The van der Waals surface area contributed by atoms with E-state index in [9.17, 15) is 4.39 Å². The van der Waals surface area contributed by atoms with E-state index in [1.807, 2.05) is 12.1 Å². The molecule has 1 aliphatic heterocycles. The highest BCUT2D eigenvalue weighted by molar-refractivity contribution is 5.55. The van der Waals surface area contributed by atoms with Crippen LogP contribution in [0.3, 0.4) is 0 Å². The molecule has 2 rings (SSSR count).